The van der Waals surface area contributed by atoms with Crippen LogP contribution in [0.2, 0.25) is 0 Å². The third-order valence-electron chi connectivity index (χ3n) is 5.33. The van der Waals surface area contributed by atoms with Gasteiger partial charge in [0.05, 0.1) is 11.1 Å². The molecule has 2 amide bonds. The molecule has 0 radical (unpaired) electrons. The van der Waals surface area contributed by atoms with Crippen LogP contribution in [0.3, 0.4) is 0 Å². The van der Waals surface area contributed by atoms with Crippen LogP contribution < -0.4 is 20.1 Å². The Hall–Kier alpha value is -4.93. The first-order valence-corrected chi connectivity index (χ1v) is 10.4. The van der Waals surface area contributed by atoms with Crippen molar-refractivity contribution in [3.63, 3.8) is 0 Å². The number of nitrogens with zero attached hydrogens (tertiary/aromatic N) is 3. The molecule has 0 saturated carbocycles. The van der Waals surface area contributed by atoms with Crippen molar-refractivity contribution in [2.24, 2.45) is 0 Å². The zero-order valence-electron chi connectivity index (χ0n) is 17.6. The van der Waals surface area contributed by atoms with Crippen LogP contribution in [0.5, 0.6) is 11.5 Å². The van der Waals surface area contributed by atoms with Crippen LogP contribution >= 0.6 is 0 Å². The second-order valence-electron chi connectivity index (χ2n) is 7.55. The average Bonchev–Trinajstić information content (AvgIpc) is 3.51. The highest BCUT2D eigenvalue weighted by atomic mass is 16.6. The van der Waals surface area contributed by atoms with Gasteiger partial charge in [-0.05, 0) is 35.7 Å². The molecule has 2 aromatic carbocycles. The molecule has 11 nitrogen and oxygen atoms in total. The molecule has 0 spiro atoms. The summed E-state index contributed by atoms with van der Waals surface area (Å²) in [6, 6.07) is 10.5. The Morgan fingerprint density at radius 1 is 0.912 bits per heavy atom. The molecule has 5 aromatic rings. The van der Waals surface area contributed by atoms with E-state index in [1.54, 1.807) is 36.7 Å². The number of aromatic nitrogens is 5. The molecule has 0 aliphatic carbocycles. The summed E-state index contributed by atoms with van der Waals surface area (Å²) in [5, 5.41) is 7.01. The van der Waals surface area contributed by atoms with E-state index in [1.807, 2.05) is 12.1 Å². The maximum Gasteiger partial charge on any atom is 0.276 e. The van der Waals surface area contributed by atoms with E-state index in [0.717, 1.165) is 10.8 Å². The normalized spacial score (nSPS) is 12.6. The number of pyridine rings is 1. The molecule has 6 rings (SSSR count). The standard InChI is InChI=1S/C23H17N7O4/c31-20(29-22-24-4-5-25-22)14-2-1-3-15-19(14)28-23(27-15)30-21(32)16-8-12-9-17-18(34-7-6-33-17)10-13(12)11-26-16/h1-5,8-11H,6-7H2,(H2,24,25,29,31)(H2,27,28,30,32). The zero-order chi connectivity index (χ0) is 23.1. The smallest absolute Gasteiger partial charge is 0.276 e. The predicted molar refractivity (Wildman–Crippen MR) is 123 cm³/mol. The van der Waals surface area contributed by atoms with Gasteiger partial charge in [-0.3, -0.25) is 25.2 Å². The third kappa shape index (κ3) is 3.54. The number of para-hydroxylation sites is 1. The van der Waals surface area contributed by atoms with E-state index < -0.39 is 5.91 Å². The highest BCUT2D eigenvalue weighted by Gasteiger charge is 2.18. The monoisotopic (exact) mass is 455 g/mol. The molecule has 34 heavy (non-hydrogen) atoms. The summed E-state index contributed by atoms with van der Waals surface area (Å²) in [6.45, 7) is 0.973. The number of nitrogens with one attached hydrogen (secondary N) is 4. The molecule has 0 unspecified atom stereocenters. The number of carbonyl (C=O) groups excluding carboxylic acids is 2. The Morgan fingerprint density at radius 2 is 1.71 bits per heavy atom. The minimum atomic E-state index is -0.447. The van der Waals surface area contributed by atoms with Crippen molar-refractivity contribution in [1.82, 2.24) is 24.9 Å². The molecule has 0 fully saturated rings. The molecule has 0 saturated heterocycles. The van der Waals surface area contributed by atoms with Crippen molar-refractivity contribution in [3.05, 3.63) is 66.2 Å². The summed E-state index contributed by atoms with van der Waals surface area (Å²) in [7, 11) is 0. The van der Waals surface area contributed by atoms with Crippen molar-refractivity contribution < 1.29 is 19.1 Å². The lowest BCUT2D eigenvalue weighted by Crippen LogP contribution is -2.16. The fourth-order valence-electron chi connectivity index (χ4n) is 3.76. The van der Waals surface area contributed by atoms with Crippen molar-refractivity contribution >= 4 is 45.5 Å². The summed E-state index contributed by atoms with van der Waals surface area (Å²) in [6.07, 6.45) is 4.75. The van der Waals surface area contributed by atoms with Gasteiger partial charge in [-0.1, -0.05) is 6.07 Å². The zero-order valence-corrected chi connectivity index (χ0v) is 17.6. The number of H-pyrrole nitrogens is 2. The lowest BCUT2D eigenvalue weighted by atomic mass is 10.1. The van der Waals surface area contributed by atoms with E-state index in [2.05, 4.69) is 35.6 Å². The van der Waals surface area contributed by atoms with E-state index in [4.69, 9.17) is 9.47 Å². The number of benzene rings is 2. The molecule has 4 N–H and O–H groups in total. The molecular formula is C23H17N7O4. The average molecular weight is 455 g/mol. The summed E-state index contributed by atoms with van der Waals surface area (Å²) in [5.41, 5.74) is 1.55. The molecular weight excluding hydrogens is 438 g/mol. The topological polar surface area (TPSA) is 147 Å². The largest absolute Gasteiger partial charge is 0.486 e. The lowest BCUT2D eigenvalue weighted by molar-refractivity contribution is 0.101. The van der Waals surface area contributed by atoms with Crippen LogP contribution in [0.15, 0.2) is 55.0 Å². The first kappa shape index (κ1) is 19.7. The minimum absolute atomic E-state index is 0.197. The molecule has 11 heteroatoms. The van der Waals surface area contributed by atoms with Crippen LogP contribution in [0.4, 0.5) is 11.9 Å². The second kappa shape index (κ2) is 7.89. The van der Waals surface area contributed by atoms with Crippen LogP contribution in [0, 0.1) is 0 Å². The fraction of sp³-hybridized carbons (Fsp3) is 0.0870. The number of hydrogen-bond acceptors (Lipinski definition) is 7. The SMILES string of the molecule is O=C(Nc1nc2c(C(=O)Nc3ncc[nH]3)cccc2[nH]1)c1cc2cc3c(cc2cn1)OCCO3. The fourth-order valence-corrected chi connectivity index (χ4v) is 3.76. The number of imidazole rings is 2. The Balaban J connectivity index is 1.26. The van der Waals surface area contributed by atoms with Gasteiger partial charge in [-0.15, -0.1) is 0 Å². The maximum atomic E-state index is 12.9. The molecule has 3 aromatic heterocycles. The van der Waals surface area contributed by atoms with Crippen molar-refractivity contribution in [3.8, 4) is 11.5 Å². The summed E-state index contributed by atoms with van der Waals surface area (Å²) in [5.74, 6) is 0.989. The van der Waals surface area contributed by atoms with Gasteiger partial charge in [0.1, 0.15) is 24.4 Å². The van der Waals surface area contributed by atoms with E-state index in [-0.39, 0.29) is 17.5 Å². The van der Waals surface area contributed by atoms with Gasteiger partial charge in [0.2, 0.25) is 11.9 Å². The summed E-state index contributed by atoms with van der Waals surface area (Å²) < 4.78 is 11.2. The summed E-state index contributed by atoms with van der Waals surface area (Å²) >= 11 is 0. The predicted octanol–water partition coefficient (Wildman–Crippen LogP) is 3.11. The van der Waals surface area contributed by atoms with E-state index in [9.17, 15) is 9.59 Å². The molecule has 0 bridgehead atoms. The van der Waals surface area contributed by atoms with Gasteiger partial charge >= 0.3 is 0 Å². The van der Waals surface area contributed by atoms with Crippen LogP contribution in [-0.4, -0.2) is 49.9 Å². The first-order valence-electron chi connectivity index (χ1n) is 10.4. The Labute approximate surface area is 191 Å². The molecule has 1 aliphatic heterocycles. The number of amides is 2. The minimum Gasteiger partial charge on any atom is -0.486 e. The van der Waals surface area contributed by atoms with E-state index in [0.29, 0.717) is 47.3 Å². The first-order chi connectivity index (χ1) is 16.6. The number of rotatable bonds is 4. The van der Waals surface area contributed by atoms with Gasteiger partial charge in [-0.2, -0.15) is 0 Å². The van der Waals surface area contributed by atoms with Crippen molar-refractivity contribution in [1.29, 1.82) is 0 Å². The van der Waals surface area contributed by atoms with Gasteiger partial charge in [0, 0.05) is 24.0 Å². The number of aromatic amines is 2. The maximum absolute atomic E-state index is 12.9. The van der Waals surface area contributed by atoms with Crippen LogP contribution in [0.1, 0.15) is 20.8 Å². The number of anilines is 2. The molecule has 0 atom stereocenters. The van der Waals surface area contributed by atoms with Gasteiger partial charge in [0.15, 0.2) is 11.5 Å². The number of fused-ring (bicyclic) bond motifs is 3. The quantitative estimate of drug-likeness (QED) is 0.326. The van der Waals surface area contributed by atoms with Crippen molar-refractivity contribution in [2.45, 2.75) is 0 Å². The van der Waals surface area contributed by atoms with Crippen LogP contribution in [0.25, 0.3) is 21.8 Å². The Morgan fingerprint density at radius 3 is 2.50 bits per heavy atom. The van der Waals surface area contributed by atoms with E-state index in [1.165, 1.54) is 6.20 Å². The highest BCUT2D eigenvalue weighted by molar-refractivity contribution is 6.11. The van der Waals surface area contributed by atoms with Crippen LogP contribution in [-0.2, 0) is 0 Å². The number of ether oxygens (including phenoxy) is 2. The number of hydrogen-bond donors (Lipinski definition) is 4. The Kier molecular flexibility index (Phi) is 4.58. The summed E-state index contributed by atoms with van der Waals surface area (Å²) in [4.78, 5) is 44.0. The lowest BCUT2D eigenvalue weighted by Gasteiger charge is -2.18. The molecule has 168 valence electrons. The number of carbonyl (C=O) groups is 2. The second-order valence-corrected chi connectivity index (χ2v) is 7.55. The molecule has 4 heterocycles. The highest BCUT2D eigenvalue weighted by Crippen LogP contribution is 2.34. The van der Waals surface area contributed by atoms with E-state index >= 15 is 0 Å². The van der Waals surface area contributed by atoms with Gasteiger partial charge < -0.3 is 19.4 Å². The molecule has 1 aliphatic rings. The Bertz CT molecular complexity index is 1560. The van der Waals surface area contributed by atoms with Gasteiger partial charge in [-0.25, -0.2) is 9.97 Å². The van der Waals surface area contributed by atoms with Crippen molar-refractivity contribution in [2.75, 3.05) is 23.8 Å². The third-order valence-corrected chi connectivity index (χ3v) is 5.33. The van der Waals surface area contributed by atoms with Gasteiger partial charge in [0.25, 0.3) is 11.8 Å².